The van der Waals surface area contributed by atoms with Crippen LogP contribution in [0, 0.1) is 29.1 Å². The molecule has 0 radical (unpaired) electrons. The van der Waals surface area contributed by atoms with Gasteiger partial charge in [-0.2, -0.15) is 0 Å². The van der Waals surface area contributed by atoms with Crippen molar-refractivity contribution in [1.82, 2.24) is 0 Å². The van der Waals surface area contributed by atoms with Crippen LogP contribution in [-0.4, -0.2) is 57.1 Å². The summed E-state index contributed by atoms with van der Waals surface area (Å²) in [6.07, 6.45) is 3.93. The molecule has 0 amide bonds. The van der Waals surface area contributed by atoms with E-state index in [1.165, 1.54) is 13.8 Å². The highest BCUT2D eigenvalue weighted by Gasteiger charge is 2.83. The number of hydrogen-bond donors (Lipinski definition) is 2. The summed E-state index contributed by atoms with van der Waals surface area (Å²) in [5.41, 5.74) is -3.70. The Morgan fingerprint density at radius 2 is 1.77 bits per heavy atom. The number of Topliss-reactive ketones (excluding diaryl/α,β-unsaturated/α-hetero) is 2. The van der Waals surface area contributed by atoms with E-state index in [4.69, 9.17) is 9.47 Å². The van der Waals surface area contributed by atoms with Crippen molar-refractivity contribution in [2.24, 2.45) is 29.1 Å². The van der Waals surface area contributed by atoms with Gasteiger partial charge in [-0.15, -0.1) is 0 Å². The summed E-state index contributed by atoms with van der Waals surface area (Å²) in [4.78, 5) is 48.7. The number of carbonyl (C=O) groups is 4. The van der Waals surface area contributed by atoms with Crippen molar-refractivity contribution in [2.45, 2.75) is 84.0 Å². The first-order valence-electron chi connectivity index (χ1n) is 12.3. The topological polar surface area (TPSA) is 127 Å². The van der Waals surface area contributed by atoms with Crippen LogP contribution in [0.25, 0.3) is 0 Å². The van der Waals surface area contributed by atoms with Gasteiger partial charge in [-0.25, -0.2) is 0 Å². The molecule has 8 nitrogen and oxygen atoms in total. The molecular formula is C27H36O8. The highest BCUT2D eigenvalue weighted by atomic mass is 16.6. The SMILES string of the molecule is CC(=O)CCC(=O)O[C@@]12C[C@@H](C)[C@@]3(O)[C@@H](C=C(COC(C)=O)C[C@]4(O)C(=O)C(C)=C[C@@H]34)[C@@H]1C2(C)C. The zero-order chi connectivity index (χ0) is 26.1. The van der Waals surface area contributed by atoms with E-state index in [0.717, 1.165) is 0 Å². The second-order valence-electron chi connectivity index (χ2n) is 11.6. The van der Waals surface area contributed by atoms with Crippen molar-refractivity contribution >= 4 is 23.5 Å². The molecule has 4 aliphatic carbocycles. The van der Waals surface area contributed by atoms with E-state index in [1.807, 2.05) is 26.8 Å². The van der Waals surface area contributed by atoms with Gasteiger partial charge >= 0.3 is 11.9 Å². The van der Waals surface area contributed by atoms with E-state index in [-0.39, 0.29) is 37.6 Å². The Morgan fingerprint density at radius 1 is 1.11 bits per heavy atom. The lowest BCUT2D eigenvalue weighted by Crippen LogP contribution is -2.61. The minimum absolute atomic E-state index is 0.00441. The maximum atomic E-state index is 13.1. The van der Waals surface area contributed by atoms with E-state index in [9.17, 15) is 29.4 Å². The molecule has 0 saturated heterocycles. The molecule has 4 aliphatic rings. The zero-order valence-electron chi connectivity index (χ0n) is 21.3. The fourth-order valence-corrected chi connectivity index (χ4v) is 7.31. The third-order valence-electron chi connectivity index (χ3n) is 9.11. The first-order chi connectivity index (χ1) is 16.1. The lowest BCUT2D eigenvalue weighted by atomic mass is 9.60. The summed E-state index contributed by atoms with van der Waals surface area (Å²) >= 11 is 0. The van der Waals surface area contributed by atoms with Gasteiger partial charge in [0.15, 0.2) is 5.78 Å². The maximum absolute atomic E-state index is 13.1. The van der Waals surface area contributed by atoms with Crippen LogP contribution in [0.1, 0.15) is 67.2 Å². The van der Waals surface area contributed by atoms with Crippen LogP contribution in [0.2, 0.25) is 0 Å². The van der Waals surface area contributed by atoms with Gasteiger partial charge in [-0.05, 0) is 37.3 Å². The molecule has 2 fully saturated rings. The van der Waals surface area contributed by atoms with E-state index in [2.05, 4.69) is 0 Å². The molecule has 0 aromatic rings. The summed E-state index contributed by atoms with van der Waals surface area (Å²) in [7, 11) is 0. The Hall–Kier alpha value is -2.32. The second-order valence-corrected chi connectivity index (χ2v) is 11.6. The molecule has 0 aromatic heterocycles. The summed E-state index contributed by atoms with van der Waals surface area (Å²) in [6, 6.07) is 0. The van der Waals surface area contributed by atoms with Gasteiger partial charge in [0.25, 0.3) is 0 Å². The molecular weight excluding hydrogens is 452 g/mol. The van der Waals surface area contributed by atoms with Gasteiger partial charge in [0, 0.05) is 42.9 Å². The first-order valence-corrected chi connectivity index (χ1v) is 12.3. The van der Waals surface area contributed by atoms with Crippen molar-refractivity contribution in [1.29, 1.82) is 0 Å². The van der Waals surface area contributed by atoms with Gasteiger partial charge in [0.05, 0.1) is 12.0 Å². The van der Waals surface area contributed by atoms with Gasteiger partial charge in [0.2, 0.25) is 0 Å². The van der Waals surface area contributed by atoms with E-state index in [1.54, 1.807) is 13.0 Å². The highest BCUT2D eigenvalue weighted by Crippen LogP contribution is 2.76. The van der Waals surface area contributed by atoms with Gasteiger partial charge in [-0.1, -0.05) is 32.9 Å². The zero-order valence-corrected chi connectivity index (χ0v) is 21.3. The first kappa shape index (κ1) is 25.8. The van der Waals surface area contributed by atoms with Gasteiger partial charge < -0.3 is 24.5 Å². The van der Waals surface area contributed by atoms with Crippen LogP contribution in [0.15, 0.2) is 23.3 Å². The Balaban J connectivity index is 1.78. The van der Waals surface area contributed by atoms with Crippen molar-refractivity contribution in [3.8, 4) is 0 Å². The Morgan fingerprint density at radius 3 is 2.37 bits per heavy atom. The number of ketones is 2. The second kappa shape index (κ2) is 8.10. The van der Waals surface area contributed by atoms with Crippen LogP contribution >= 0.6 is 0 Å². The van der Waals surface area contributed by atoms with E-state index < -0.39 is 57.7 Å². The quantitative estimate of drug-likeness (QED) is 0.431. The average molecular weight is 489 g/mol. The largest absolute Gasteiger partial charge is 0.461 e. The third-order valence-corrected chi connectivity index (χ3v) is 9.11. The van der Waals surface area contributed by atoms with Crippen molar-refractivity contribution in [2.75, 3.05) is 6.61 Å². The normalized spacial score (nSPS) is 40.9. The van der Waals surface area contributed by atoms with Crippen LogP contribution in [-0.2, 0) is 28.7 Å². The van der Waals surface area contributed by atoms with Crippen molar-refractivity contribution < 1.29 is 38.9 Å². The molecule has 4 rings (SSSR count). The Kier molecular flexibility index (Phi) is 5.96. The monoisotopic (exact) mass is 488 g/mol. The average Bonchev–Trinajstić information content (AvgIpc) is 3.15. The van der Waals surface area contributed by atoms with Crippen molar-refractivity contribution in [3.63, 3.8) is 0 Å². The highest BCUT2D eigenvalue weighted by molar-refractivity contribution is 6.04. The predicted octanol–water partition coefficient (Wildman–Crippen LogP) is 2.45. The standard InChI is InChI=1S/C27H36O8/c1-14-9-20-25(32,23(14)31)12-18(13-34-17(4)29)10-19-22-24(5,6)26(22,11-15(2)27(19,20)33)35-21(30)8-7-16(3)28/h9-10,15,19-20,22,32-33H,7-8,11-13H2,1-6H3/t15-,19+,20-,22-,25-,26+,27-/m1/s1. The van der Waals surface area contributed by atoms with Gasteiger partial charge in [-0.3, -0.25) is 14.4 Å². The molecule has 0 unspecified atom stereocenters. The summed E-state index contributed by atoms with van der Waals surface area (Å²) in [5, 5.41) is 24.1. The summed E-state index contributed by atoms with van der Waals surface area (Å²) < 4.78 is 11.3. The van der Waals surface area contributed by atoms with Crippen LogP contribution < -0.4 is 0 Å². The number of carbonyl (C=O) groups excluding carboxylic acids is 4. The number of rotatable bonds is 6. The molecule has 0 bridgehead atoms. The van der Waals surface area contributed by atoms with Crippen LogP contribution in [0.3, 0.4) is 0 Å². The third kappa shape index (κ3) is 3.63. The lowest BCUT2D eigenvalue weighted by Gasteiger charge is -2.50. The molecule has 8 heteroatoms. The summed E-state index contributed by atoms with van der Waals surface area (Å²) in [5.74, 6) is -3.57. The fraction of sp³-hybridized carbons (Fsp3) is 0.704. The molecule has 0 aromatic carbocycles. The number of fused-ring (bicyclic) bond motifs is 5. The number of ether oxygens (including phenoxy) is 2. The van der Waals surface area contributed by atoms with E-state index in [0.29, 0.717) is 17.6 Å². The molecule has 0 heterocycles. The fourth-order valence-electron chi connectivity index (χ4n) is 7.31. The lowest BCUT2D eigenvalue weighted by molar-refractivity contribution is -0.187. The Labute approximate surface area is 205 Å². The summed E-state index contributed by atoms with van der Waals surface area (Å²) in [6.45, 7) is 10.1. The Bertz CT molecular complexity index is 1050. The van der Waals surface area contributed by atoms with Crippen LogP contribution in [0.5, 0.6) is 0 Å². The molecule has 192 valence electrons. The minimum Gasteiger partial charge on any atom is -0.461 e. The molecule has 0 spiro atoms. The van der Waals surface area contributed by atoms with E-state index >= 15 is 0 Å². The van der Waals surface area contributed by atoms with Crippen molar-refractivity contribution in [3.05, 3.63) is 23.3 Å². The van der Waals surface area contributed by atoms with Gasteiger partial charge in [0.1, 0.15) is 23.6 Å². The molecule has 35 heavy (non-hydrogen) atoms. The number of hydrogen-bond acceptors (Lipinski definition) is 8. The molecule has 0 aliphatic heterocycles. The number of esters is 2. The van der Waals surface area contributed by atoms with Crippen LogP contribution in [0.4, 0.5) is 0 Å². The molecule has 2 saturated carbocycles. The predicted molar refractivity (Wildman–Crippen MR) is 125 cm³/mol. The maximum Gasteiger partial charge on any atom is 0.306 e. The minimum atomic E-state index is -1.84. The molecule has 7 atom stereocenters. The smallest absolute Gasteiger partial charge is 0.306 e. The molecule has 2 N–H and O–H groups in total. The number of aliphatic hydroxyl groups is 2.